The second-order valence-corrected chi connectivity index (χ2v) is 14.7. The van der Waals surface area contributed by atoms with Crippen molar-refractivity contribution in [2.24, 2.45) is 0 Å². The largest absolute Gasteiger partial charge is 0.456 e. The fraction of sp³-hybridized carbons (Fsp3) is 0.417. The highest BCUT2D eigenvalue weighted by Crippen LogP contribution is 2.38. The molecular formula is C36H40N6O6S. The lowest BCUT2D eigenvalue weighted by molar-refractivity contribution is 0.00694. The molecule has 2 fully saturated rings. The first-order valence-electron chi connectivity index (χ1n) is 16.6. The number of carbonyl (C=O) groups is 2. The minimum atomic E-state index is -0.711. The summed E-state index contributed by atoms with van der Waals surface area (Å²) < 4.78 is 20.2. The van der Waals surface area contributed by atoms with Gasteiger partial charge < -0.3 is 33.6 Å². The molecule has 256 valence electrons. The number of nitrogens with one attached hydrogen (secondary N) is 1. The normalized spacial score (nSPS) is 15.7. The van der Waals surface area contributed by atoms with Gasteiger partial charge in [-0.25, -0.2) is 9.78 Å². The van der Waals surface area contributed by atoms with E-state index in [0.717, 1.165) is 31.1 Å². The van der Waals surface area contributed by atoms with Gasteiger partial charge in [-0.05, 0) is 63.4 Å². The number of esters is 1. The molecular weight excluding hydrogens is 644 g/mol. The van der Waals surface area contributed by atoms with Gasteiger partial charge in [0.2, 0.25) is 11.4 Å². The van der Waals surface area contributed by atoms with Gasteiger partial charge in [-0.3, -0.25) is 9.59 Å². The standard InChI is InChI=1S/C36H40N6O6S/c1-36(2,3)48-34(45)22-14-21(26-20-49-31-28(43)18-29(47-30(26)31)41-10-12-46-13-11-41)15-24(16-22)38-35-37-19-23-17-27(33(44)40(4)5)42(32(23)39-35)25-8-6-7-9-25/h14-20,25H,6-13H2,1-5H3,(H,37,38,39). The van der Waals surface area contributed by atoms with Crippen molar-refractivity contribution < 1.29 is 23.5 Å². The molecule has 1 saturated carbocycles. The van der Waals surface area contributed by atoms with Crippen molar-refractivity contribution in [2.45, 2.75) is 58.1 Å². The van der Waals surface area contributed by atoms with Crippen molar-refractivity contribution in [3.63, 3.8) is 0 Å². The Labute approximate surface area is 287 Å². The van der Waals surface area contributed by atoms with Gasteiger partial charge in [-0.15, -0.1) is 11.3 Å². The minimum Gasteiger partial charge on any atom is -0.456 e. The number of fused-ring (bicyclic) bond motifs is 2. The maximum absolute atomic E-state index is 13.4. The maximum atomic E-state index is 13.4. The Hall–Kier alpha value is -4.75. The van der Waals surface area contributed by atoms with Crippen molar-refractivity contribution in [3.8, 4) is 11.1 Å². The summed E-state index contributed by atoms with van der Waals surface area (Å²) in [5, 5.41) is 5.96. The lowest BCUT2D eigenvalue weighted by atomic mass is 10.0. The molecule has 49 heavy (non-hydrogen) atoms. The van der Waals surface area contributed by atoms with Crippen molar-refractivity contribution in [2.75, 3.05) is 50.6 Å². The van der Waals surface area contributed by atoms with Gasteiger partial charge >= 0.3 is 5.97 Å². The lowest BCUT2D eigenvalue weighted by Gasteiger charge is -2.27. The van der Waals surface area contributed by atoms with Gasteiger partial charge in [0, 0.05) is 67.5 Å². The molecule has 1 amide bonds. The van der Waals surface area contributed by atoms with Crippen molar-refractivity contribution in [1.82, 2.24) is 19.4 Å². The monoisotopic (exact) mass is 684 g/mol. The zero-order valence-corrected chi connectivity index (χ0v) is 29.2. The Kier molecular flexibility index (Phi) is 8.65. The fourth-order valence-electron chi connectivity index (χ4n) is 6.50. The highest BCUT2D eigenvalue weighted by molar-refractivity contribution is 7.17. The fourth-order valence-corrected chi connectivity index (χ4v) is 7.41. The number of aromatic nitrogens is 3. The summed E-state index contributed by atoms with van der Waals surface area (Å²) >= 11 is 1.30. The van der Waals surface area contributed by atoms with Crippen LogP contribution in [0.25, 0.3) is 32.4 Å². The van der Waals surface area contributed by atoms with Crippen LogP contribution in [0.1, 0.15) is 73.3 Å². The zero-order chi connectivity index (χ0) is 34.4. The van der Waals surface area contributed by atoms with E-state index < -0.39 is 11.6 Å². The molecule has 1 aromatic carbocycles. The van der Waals surface area contributed by atoms with Gasteiger partial charge in [0.1, 0.15) is 21.6 Å². The number of anilines is 3. The quantitative estimate of drug-likeness (QED) is 0.187. The van der Waals surface area contributed by atoms with Crippen LogP contribution in [0.4, 0.5) is 17.5 Å². The number of nitrogens with zero attached hydrogens (tertiary/aromatic N) is 5. The van der Waals surface area contributed by atoms with E-state index in [1.807, 2.05) is 43.2 Å². The Bertz CT molecular complexity index is 2110. The van der Waals surface area contributed by atoms with Gasteiger partial charge in [-0.1, -0.05) is 12.8 Å². The zero-order valence-electron chi connectivity index (χ0n) is 28.4. The molecule has 2 aliphatic rings. The van der Waals surface area contributed by atoms with E-state index in [1.54, 1.807) is 37.3 Å². The van der Waals surface area contributed by atoms with Crippen LogP contribution < -0.4 is 15.6 Å². The van der Waals surface area contributed by atoms with Crippen molar-refractivity contribution >= 4 is 62.0 Å². The van der Waals surface area contributed by atoms with Crippen LogP contribution in [0, 0.1) is 0 Å². The summed E-state index contributed by atoms with van der Waals surface area (Å²) in [6, 6.07) is 8.89. The second kappa shape index (κ2) is 12.9. The SMILES string of the molecule is CN(C)C(=O)c1cc2cnc(Nc3cc(C(=O)OC(C)(C)C)cc(-c4csc5c(=O)cc(N6CCOCC6)oc45)c3)nc2n1C1CCCC1. The van der Waals surface area contributed by atoms with E-state index in [1.165, 1.54) is 17.4 Å². The predicted molar refractivity (Wildman–Crippen MR) is 190 cm³/mol. The molecule has 1 N–H and O–H groups in total. The van der Waals surface area contributed by atoms with Crippen LogP contribution >= 0.6 is 11.3 Å². The Morgan fingerprint density at radius 3 is 2.53 bits per heavy atom. The summed E-state index contributed by atoms with van der Waals surface area (Å²) in [6.07, 6.45) is 5.87. The van der Waals surface area contributed by atoms with Crippen LogP contribution in [0.5, 0.6) is 0 Å². The Balaban J connectivity index is 1.32. The highest BCUT2D eigenvalue weighted by atomic mass is 32.1. The van der Waals surface area contributed by atoms with Gasteiger partial charge in [0.25, 0.3) is 5.91 Å². The molecule has 0 unspecified atom stereocenters. The van der Waals surface area contributed by atoms with Crippen LogP contribution in [0.2, 0.25) is 0 Å². The van der Waals surface area contributed by atoms with E-state index in [2.05, 4.69) is 14.9 Å². The number of benzene rings is 1. The van der Waals surface area contributed by atoms with Gasteiger partial charge in [0.05, 0.1) is 18.8 Å². The topological polar surface area (TPSA) is 132 Å². The smallest absolute Gasteiger partial charge is 0.338 e. The molecule has 0 atom stereocenters. The molecule has 12 nitrogen and oxygen atoms in total. The van der Waals surface area contributed by atoms with Crippen LogP contribution in [-0.2, 0) is 9.47 Å². The van der Waals surface area contributed by atoms with Crippen molar-refractivity contribution in [3.05, 3.63) is 63.4 Å². The Morgan fingerprint density at radius 2 is 1.82 bits per heavy atom. The predicted octanol–water partition coefficient (Wildman–Crippen LogP) is 6.62. The number of ether oxygens (including phenoxy) is 2. The number of morpholine rings is 1. The molecule has 1 saturated heterocycles. The molecule has 0 spiro atoms. The summed E-state index contributed by atoms with van der Waals surface area (Å²) in [7, 11) is 3.50. The number of hydrogen-bond donors (Lipinski definition) is 1. The molecule has 7 rings (SSSR count). The van der Waals surface area contributed by atoms with Crippen molar-refractivity contribution in [1.29, 1.82) is 0 Å². The minimum absolute atomic E-state index is 0.0828. The first-order valence-corrected chi connectivity index (χ1v) is 17.5. The number of thiophene rings is 1. The molecule has 13 heteroatoms. The third-order valence-electron chi connectivity index (χ3n) is 8.78. The van der Waals surface area contributed by atoms with E-state index in [9.17, 15) is 14.4 Å². The number of rotatable bonds is 7. The number of carbonyl (C=O) groups excluding carboxylic acids is 2. The van der Waals surface area contributed by atoms with Gasteiger partial charge in [-0.2, -0.15) is 4.98 Å². The molecule has 5 aromatic rings. The average molecular weight is 685 g/mol. The highest BCUT2D eigenvalue weighted by Gasteiger charge is 2.27. The van der Waals surface area contributed by atoms with Crippen LogP contribution in [0.15, 0.2) is 51.1 Å². The summed E-state index contributed by atoms with van der Waals surface area (Å²) in [4.78, 5) is 52.9. The first kappa shape index (κ1) is 32.8. The summed E-state index contributed by atoms with van der Waals surface area (Å²) in [5.74, 6) is 0.227. The maximum Gasteiger partial charge on any atom is 0.338 e. The van der Waals surface area contributed by atoms with E-state index in [0.29, 0.717) is 82.1 Å². The number of hydrogen-bond acceptors (Lipinski definition) is 11. The molecule has 0 bridgehead atoms. The van der Waals surface area contributed by atoms with E-state index in [4.69, 9.17) is 18.9 Å². The Morgan fingerprint density at radius 1 is 1.06 bits per heavy atom. The average Bonchev–Trinajstić information content (AvgIpc) is 3.83. The molecule has 4 aromatic heterocycles. The van der Waals surface area contributed by atoms with Crippen LogP contribution in [0.3, 0.4) is 0 Å². The molecule has 0 radical (unpaired) electrons. The second-order valence-electron chi connectivity index (χ2n) is 13.8. The number of amides is 1. The molecule has 5 heterocycles. The third-order valence-corrected chi connectivity index (χ3v) is 9.75. The summed E-state index contributed by atoms with van der Waals surface area (Å²) in [6.45, 7) is 7.81. The summed E-state index contributed by atoms with van der Waals surface area (Å²) in [5.41, 5.74) is 3.09. The molecule has 1 aliphatic carbocycles. The third kappa shape index (κ3) is 6.64. The lowest BCUT2D eigenvalue weighted by Crippen LogP contribution is -2.36. The van der Waals surface area contributed by atoms with E-state index in [-0.39, 0.29) is 17.4 Å². The van der Waals surface area contributed by atoms with Crippen LogP contribution in [-0.4, -0.2) is 77.3 Å². The molecule has 1 aliphatic heterocycles. The van der Waals surface area contributed by atoms with E-state index >= 15 is 0 Å². The first-order chi connectivity index (χ1) is 23.4. The van der Waals surface area contributed by atoms with Gasteiger partial charge in [0.15, 0.2) is 11.5 Å².